The monoisotopic (exact) mass is 419 g/mol. The minimum Gasteiger partial charge on any atom is -0.383 e. The summed E-state index contributed by atoms with van der Waals surface area (Å²) in [6.07, 6.45) is -0.0142. The van der Waals surface area contributed by atoms with Crippen LogP contribution in [0.25, 0.3) is 0 Å². The molecule has 0 fully saturated rings. The maximum Gasteiger partial charge on any atom is 0.253 e. The number of nitrogens with two attached hydrogens (primary N) is 2. The average molecular weight is 420 g/mol. The maximum absolute atomic E-state index is 12.6. The minimum atomic E-state index is -0.391. The third-order valence-corrected chi connectivity index (χ3v) is 4.69. The lowest BCUT2D eigenvalue weighted by Crippen LogP contribution is -2.19. The van der Waals surface area contributed by atoms with Crippen molar-refractivity contribution in [3.8, 4) is 0 Å². The highest BCUT2D eigenvalue weighted by molar-refractivity contribution is 7.81. The van der Waals surface area contributed by atoms with E-state index in [1.165, 1.54) is 0 Å². The van der Waals surface area contributed by atoms with Gasteiger partial charge in [-0.2, -0.15) is 4.68 Å². The molecule has 0 spiro atoms. The topological polar surface area (TPSA) is 99.0 Å². The van der Waals surface area contributed by atoms with Crippen molar-refractivity contribution in [2.75, 3.05) is 16.8 Å². The van der Waals surface area contributed by atoms with Gasteiger partial charge in [0, 0.05) is 15.7 Å². The Hall–Kier alpha value is -2.61. The molecule has 138 valence electrons. The molecule has 27 heavy (non-hydrogen) atoms. The van der Waals surface area contributed by atoms with E-state index in [4.69, 9.17) is 46.9 Å². The first-order chi connectivity index (χ1) is 12.9. The van der Waals surface area contributed by atoms with Gasteiger partial charge in [-0.25, -0.2) is 0 Å². The average Bonchev–Trinajstić information content (AvgIpc) is 2.93. The number of benzene rings is 2. The molecule has 0 atom stereocenters. The van der Waals surface area contributed by atoms with E-state index in [-0.39, 0.29) is 23.0 Å². The Balaban J connectivity index is 1.84. The van der Waals surface area contributed by atoms with Gasteiger partial charge in [-0.15, -0.1) is 5.10 Å². The number of hydrogen-bond donors (Lipinski definition) is 3. The van der Waals surface area contributed by atoms with Gasteiger partial charge < -0.3 is 16.8 Å². The predicted octanol–water partition coefficient (Wildman–Crippen LogP) is 4.02. The van der Waals surface area contributed by atoms with Crippen molar-refractivity contribution < 1.29 is 4.79 Å². The van der Waals surface area contributed by atoms with Crippen molar-refractivity contribution in [1.29, 1.82) is 0 Å². The van der Waals surface area contributed by atoms with Crippen molar-refractivity contribution in [2.45, 2.75) is 6.42 Å². The summed E-state index contributed by atoms with van der Waals surface area (Å²) < 4.78 is 1.04. The van der Waals surface area contributed by atoms with Crippen molar-refractivity contribution in [2.24, 2.45) is 0 Å². The minimum absolute atomic E-state index is 0.0142. The predicted molar refractivity (Wildman–Crippen MR) is 114 cm³/mol. The lowest BCUT2D eigenvalue weighted by molar-refractivity contribution is 0.0902. The molecule has 5 N–H and O–H groups in total. The highest BCUT2D eigenvalue weighted by Crippen LogP contribution is 2.24. The number of rotatable bonds is 4. The molecule has 0 bridgehead atoms. The van der Waals surface area contributed by atoms with Crippen LogP contribution in [-0.4, -0.2) is 20.7 Å². The highest BCUT2D eigenvalue weighted by atomic mass is 35.5. The summed E-state index contributed by atoms with van der Waals surface area (Å²) in [7, 11) is 0. The molecular formula is C18H15Cl2N5OS. The van der Waals surface area contributed by atoms with Crippen LogP contribution in [0.3, 0.4) is 0 Å². The molecule has 1 aromatic heterocycles. The third kappa shape index (κ3) is 4.21. The zero-order valence-electron chi connectivity index (χ0n) is 13.9. The van der Waals surface area contributed by atoms with Gasteiger partial charge in [-0.05, 0) is 29.8 Å². The van der Waals surface area contributed by atoms with Crippen molar-refractivity contribution in [3.05, 3.63) is 69.7 Å². The number of nitrogen functional groups attached to an aromatic ring is 2. The van der Waals surface area contributed by atoms with Crippen LogP contribution in [0.5, 0.6) is 0 Å². The second-order valence-electron chi connectivity index (χ2n) is 5.68. The molecule has 3 aromatic rings. The molecule has 0 saturated carbocycles. The second kappa shape index (κ2) is 7.96. The van der Waals surface area contributed by atoms with E-state index in [1.54, 1.807) is 18.2 Å². The number of thiocarbonyl (C=S) groups is 1. The van der Waals surface area contributed by atoms with Gasteiger partial charge >= 0.3 is 0 Å². The van der Waals surface area contributed by atoms with E-state index in [2.05, 4.69) is 10.4 Å². The molecule has 0 radical (unpaired) electrons. The van der Waals surface area contributed by atoms with Crippen LogP contribution in [0.15, 0.2) is 48.5 Å². The standard InChI is InChI=1S/C18H15Cl2N5OS/c19-11-7-6-10(13(20)9-11)8-14(26)25-17(22)15(16(21)24-25)18(27)23-12-4-2-1-3-5-12/h1-7,9H,8,22H2,(H2,21,24)(H,23,27). The Bertz CT molecular complexity index is 1020. The van der Waals surface area contributed by atoms with Crippen LogP contribution in [0, 0.1) is 0 Å². The number of nitrogens with one attached hydrogen (secondary N) is 1. The van der Waals surface area contributed by atoms with Gasteiger partial charge in [0.1, 0.15) is 10.8 Å². The van der Waals surface area contributed by atoms with Crippen LogP contribution in [0.4, 0.5) is 17.3 Å². The molecule has 0 amide bonds. The fourth-order valence-corrected chi connectivity index (χ4v) is 3.29. The fraction of sp³-hybridized carbons (Fsp3) is 0.0556. The molecule has 0 saturated heterocycles. The quantitative estimate of drug-likeness (QED) is 0.552. The first-order valence-corrected chi connectivity index (χ1v) is 9.00. The van der Waals surface area contributed by atoms with Gasteiger partial charge in [0.05, 0.1) is 12.0 Å². The van der Waals surface area contributed by atoms with Crippen LogP contribution in [-0.2, 0) is 6.42 Å². The number of halogens is 2. The van der Waals surface area contributed by atoms with E-state index in [0.717, 1.165) is 10.4 Å². The first kappa shape index (κ1) is 19.2. The molecule has 1 heterocycles. The number of carbonyl (C=O) groups excluding carboxylic acids is 1. The summed E-state index contributed by atoms with van der Waals surface area (Å²) in [6, 6.07) is 14.2. The summed E-state index contributed by atoms with van der Waals surface area (Å²) in [4.78, 5) is 12.9. The Morgan fingerprint density at radius 3 is 2.52 bits per heavy atom. The SMILES string of the molecule is Nc1nn(C(=O)Cc2ccc(Cl)cc2Cl)c(N)c1C(=S)Nc1ccccc1. The van der Waals surface area contributed by atoms with E-state index < -0.39 is 5.91 Å². The number of anilines is 3. The van der Waals surface area contributed by atoms with Crippen LogP contribution in [0.1, 0.15) is 15.9 Å². The summed E-state index contributed by atoms with van der Waals surface area (Å²) in [5.41, 5.74) is 13.7. The molecule has 3 rings (SSSR count). The van der Waals surface area contributed by atoms with Gasteiger partial charge in [0.25, 0.3) is 5.91 Å². The Kier molecular flexibility index (Phi) is 5.65. The van der Waals surface area contributed by atoms with Crippen LogP contribution < -0.4 is 16.8 Å². The van der Waals surface area contributed by atoms with Gasteiger partial charge in [-0.3, -0.25) is 4.79 Å². The molecule has 0 aliphatic heterocycles. The number of hydrogen-bond acceptors (Lipinski definition) is 5. The van der Waals surface area contributed by atoms with E-state index in [0.29, 0.717) is 21.2 Å². The number of para-hydroxylation sites is 1. The summed E-state index contributed by atoms with van der Waals surface area (Å²) in [5.74, 6) is -0.260. The lowest BCUT2D eigenvalue weighted by Gasteiger charge is -2.08. The van der Waals surface area contributed by atoms with Crippen molar-refractivity contribution in [1.82, 2.24) is 9.78 Å². The zero-order valence-corrected chi connectivity index (χ0v) is 16.3. The molecule has 0 aliphatic rings. The third-order valence-electron chi connectivity index (χ3n) is 3.80. The smallest absolute Gasteiger partial charge is 0.253 e. The van der Waals surface area contributed by atoms with E-state index in [1.807, 2.05) is 30.3 Å². The summed E-state index contributed by atoms with van der Waals surface area (Å²) >= 11 is 17.4. The Morgan fingerprint density at radius 1 is 1.15 bits per heavy atom. The van der Waals surface area contributed by atoms with E-state index >= 15 is 0 Å². The summed E-state index contributed by atoms with van der Waals surface area (Å²) in [6.45, 7) is 0. The van der Waals surface area contributed by atoms with Gasteiger partial charge in [-0.1, -0.05) is 59.7 Å². The van der Waals surface area contributed by atoms with Crippen molar-refractivity contribution in [3.63, 3.8) is 0 Å². The van der Waals surface area contributed by atoms with Crippen LogP contribution >= 0.6 is 35.4 Å². The normalized spacial score (nSPS) is 10.6. The lowest BCUT2D eigenvalue weighted by atomic mass is 10.1. The Labute approximate surface area is 171 Å². The highest BCUT2D eigenvalue weighted by Gasteiger charge is 2.22. The Morgan fingerprint density at radius 2 is 1.85 bits per heavy atom. The van der Waals surface area contributed by atoms with Crippen LogP contribution in [0.2, 0.25) is 10.0 Å². The van der Waals surface area contributed by atoms with Crippen molar-refractivity contribution >= 4 is 63.6 Å². The second-order valence-corrected chi connectivity index (χ2v) is 6.94. The zero-order chi connectivity index (χ0) is 19.6. The molecular weight excluding hydrogens is 405 g/mol. The first-order valence-electron chi connectivity index (χ1n) is 7.84. The largest absolute Gasteiger partial charge is 0.383 e. The molecule has 0 aliphatic carbocycles. The number of aromatic nitrogens is 2. The molecule has 2 aromatic carbocycles. The number of nitrogens with zero attached hydrogens (tertiary/aromatic N) is 2. The number of carbonyl (C=O) groups is 1. The molecule has 9 heteroatoms. The fourth-order valence-electron chi connectivity index (χ4n) is 2.49. The van der Waals surface area contributed by atoms with Gasteiger partial charge in [0.2, 0.25) is 0 Å². The maximum atomic E-state index is 12.6. The molecule has 6 nitrogen and oxygen atoms in total. The molecule has 0 unspecified atom stereocenters. The summed E-state index contributed by atoms with van der Waals surface area (Å²) in [5, 5.41) is 7.94. The van der Waals surface area contributed by atoms with E-state index in [9.17, 15) is 4.79 Å². The van der Waals surface area contributed by atoms with Gasteiger partial charge in [0.15, 0.2) is 5.82 Å².